The quantitative estimate of drug-likeness (QED) is 0.689. The highest BCUT2D eigenvalue weighted by atomic mass is 19.1. The summed E-state index contributed by atoms with van der Waals surface area (Å²) in [6.45, 7) is 3.96. The maximum absolute atomic E-state index is 14.0. The van der Waals surface area contributed by atoms with E-state index in [9.17, 15) is 4.39 Å². The smallest absolute Gasteiger partial charge is 0.207 e. The number of para-hydroxylation sites is 1. The number of anilines is 1. The molecule has 0 amide bonds. The first-order valence-corrected chi connectivity index (χ1v) is 9.76. The van der Waals surface area contributed by atoms with Crippen molar-refractivity contribution in [2.24, 2.45) is 10.7 Å². The molecule has 2 aliphatic heterocycles. The fourth-order valence-corrected chi connectivity index (χ4v) is 3.58. The van der Waals surface area contributed by atoms with Crippen LogP contribution in [-0.4, -0.2) is 37.5 Å². The van der Waals surface area contributed by atoms with Crippen molar-refractivity contribution in [3.63, 3.8) is 0 Å². The SMILES string of the molecule is N.NC1(c2ccc(OCCN3CCCCC3)cc2)N=CN(c2ccccc2F)N1. The van der Waals surface area contributed by atoms with Crippen LogP contribution in [0.15, 0.2) is 53.5 Å². The number of hydrogen-bond acceptors (Lipinski definition) is 7. The lowest BCUT2D eigenvalue weighted by molar-refractivity contribution is 0.183. The van der Waals surface area contributed by atoms with Crippen molar-refractivity contribution in [1.29, 1.82) is 0 Å². The van der Waals surface area contributed by atoms with Gasteiger partial charge in [-0.1, -0.05) is 30.7 Å². The summed E-state index contributed by atoms with van der Waals surface area (Å²) >= 11 is 0. The molecule has 4 rings (SSSR count). The molecule has 0 saturated carbocycles. The molecule has 2 heterocycles. The predicted molar refractivity (Wildman–Crippen MR) is 114 cm³/mol. The first-order chi connectivity index (χ1) is 13.6. The molecule has 2 aliphatic rings. The van der Waals surface area contributed by atoms with Crippen LogP contribution in [0, 0.1) is 5.82 Å². The highest BCUT2D eigenvalue weighted by molar-refractivity contribution is 5.80. The molecular formula is C21H29FN6O. The van der Waals surface area contributed by atoms with Crippen LogP contribution in [0.2, 0.25) is 0 Å². The van der Waals surface area contributed by atoms with Gasteiger partial charge in [-0.3, -0.25) is 15.6 Å². The van der Waals surface area contributed by atoms with Crippen molar-refractivity contribution < 1.29 is 9.13 Å². The zero-order valence-corrected chi connectivity index (χ0v) is 16.6. The van der Waals surface area contributed by atoms with Crippen LogP contribution in [0.1, 0.15) is 24.8 Å². The van der Waals surface area contributed by atoms with Crippen molar-refractivity contribution in [1.82, 2.24) is 16.5 Å². The van der Waals surface area contributed by atoms with Gasteiger partial charge in [-0.2, -0.15) is 5.43 Å². The summed E-state index contributed by atoms with van der Waals surface area (Å²) in [5.74, 6) is -0.685. The average molecular weight is 401 g/mol. The Morgan fingerprint density at radius 1 is 1.07 bits per heavy atom. The number of benzene rings is 2. The first-order valence-electron chi connectivity index (χ1n) is 9.76. The molecule has 6 N–H and O–H groups in total. The highest BCUT2D eigenvalue weighted by Gasteiger charge is 2.33. The fraction of sp³-hybridized carbons (Fsp3) is 0.381. The molecular weight excluding hydrogens is 371 g/mol. The molecule has 2 aromatic carbocycles. The molecule has 156 valence electrons. The third-order valence-corrected chi connectivity index (χ3v) is 5.20. The summed E-state index contributed by atoms with van der Waals surface area (Å²) in [5, 5.41) is 1.50. The van der Waals surface area contributed by atoms with Crippen LogP contribution in [0.5, 0.6) is 5.75 Å². The minimum atomic E-state index is -1.14. The van der Waals surface area contributed by atoms with Gasteiger partial charge in [0.25, 0.3) is 0 Å². The molecule has 0 spiro atoms. The predicted octanol–water partition coefficient (Wildman–Crippen LogP) is 2.97. The number of likely N-dealkylation sites (tertiary alicyclic amines) is 1. The molecule has 0 bridgehead atoms. The minimum Gasteiger partial charge on any atom is -0.492 e. The lowest BCUT2D eigenvalue weighted by Crippen LogP contribution is -2.51. The van der Waals surface area contributed by atoms with Crippen molar-refractivity contribution >= 4 is 12.0 Å². The lowest BCUT2D eigenvalue weighted by Gasteiger charge is -2.27. The topological polar surface area (TPSA) is 101 Å². The van der Waals surface area contributed by atoms with E-state index in [4.69, 9.17) is 10.5 Å². The number of piperidine rings is 1. The fourth-order valence-electron chi connectivity index (χ4n) is 3.58. The van der Waals surface area contributed by atoms with Gasteiger partial charge in [0.15, 0.2) is 0 Å². The van der Waals surface area contributed by atoms with Gasteiger partial charge in [-0.15, -0.1) is 0 Å². The highest BCUT2D eigenvalue weighted by Crippen LogP contribution is 2.27. The molecule has 0 radical (unpaired) electrons. The van der Waals surface area contributed by atoms with Crippen LogP contribution < -0.4 is 27.1 Å². The Bertz CT molecular complexity index is 824. The van der Waals surface area contributed by atoms with E-state index in [0.29, 0.717) is 12.3 Å². The van der Waals surface area contributed by atoms with E-state index in [1.165, 1.54) is 49.8 Å². The summed E-state index contributed by atoms with van der Waals surface area (Å²) in [6, 6.07) is 14.0. The van der Waals surface area contributed by atoms with Gasteiger partial charge in [0, 0.05) is 12.1 Å². The zero-order valence-electron chi connectivity index (χ0n) is 16.6. The third-order valence-electron chi connectivity index (χ3n) is 5.20. The molecule has 0 aromatic heterocycles. The van der Waals surface area contributed by atoms with Crippen LogP contribution >= 0.6 is 0 Å². The van der Waals surface area contributed by atoms with Crippen LogP contribution in [-0.2, 0) is 5.79 Å². The van der Waals surface area contributed by atoms with E-state index in [-0.39, 0.29) is 12.0 Å². The Labute approximate surface area is 170 Å². The van der Waals surface area contributed by atoms with Gasteiger partial charge in [0.2, 0.25) is 5.79 Å². The summed E-state index contributed by atoms with van der Waals surface area (Å²) in [7, 11) is 0. The molecule has 1 atom stereocenters. The Morgan fingerprint density at radius 3 is 2.52 bits per heavy atom. The maximum Gasteiger partial charge on any atom is 0.207 e. The second-order valence-electron chi connectivity index (χ2n) is 7.22. The summed E-state index contributed by atoms with van der Waals surface area (Å²) in [4.78, 5) is 6.79. The number of hydrogen-bond donors (Lipinski definition) is 3. The Kier molecular flexibility index (Phi) is 6.81. The second kappa shape index (κ2) is 9.32. The number of nitrogens with two attached hydrogens (primary N) is 1. The van der Waals surface area contributed by atoms with Gasteiger partial charge >= 0.3 is 0 Å². The van der Waals surface area contributed by atoms with Crippen molar-refractivity contribution in [3.05, 3.63) is 59.9 Å². The van der Waals surface area contributed by atoms with E-state index in [2.05, 4.69) is 15.3 Å². The van der Waals surface area contributed by atoms with Gasteiger partial charge in [-0.05, 0) is 50.2 Å². The number of ether oxygens (including phenoxy) is 1. The van der Waals surface area contributed by atoms with Crippen LogP contribution in [0.25, 0.3) is 0 Å². The Hall–Kier alpha value is -2.52. The van der Waals surface area contributed by atoms with Crippen LogP contribution in [0.4, 0.5) is 10.1 Å². The summed E-state index contributed by atoms with van der Waals surface area (Å²) in [5.41, 5.74) is 10.6. The monoisotopic (exact) mass is 400 g/mol. The van der Waals surface area contributed by atoms with E-state index >= 15 is 0 Å². The third kappa shape index (κ3) is 4.91. The molecule has 29 heavy (non-hydrogen) atoms. The van der Waals surface area contributed by atoms with Gasteiger partial charge in [0.1, 0.15) is 24.5 Å². The van der Waals surface area contributed by atoms with E-state index in [0.717, 1.165) is 17.9 Å². The zero-order chi connectivity index (χ0) is 19.4. The second-order valence-corrected chi connectivity index (χ2v) is 7.22. The number of hydrazine groups is 1. The van der Waals surface area contributed by atoms with Crippen molar-refractivity contribution in [3.8, 4) is 5.75 Å². The van der Waals surface area contributed by atoms with E-state index in [1.54, 1.807) is 18.2 Å². The molecule has 2 aromatic rings. The van der Waals surface area contributed by atoms with Crippen molar-refractivity contribution in [2.75, 3.05) is 31.3 Å². The molecule has 1 saturated heterocycles. The van der Waals surface area contributed by atoms with Crippen molar-refractivity contribution in [2.45, 2.75) is 25.0 Å². The molecule has 0 aliphatic carbocycles. The molecule has 1 fully saturated rings. The largest absolute Gasteiger partial charge is 0.492 e. The lowest BCUT2D eigenvalue weighted by atomic mass is 10.1. The van der Waals surface area contributed by atoms with Gasteiger partial charge in [0.05, 0.1) is 5.69 Å². The van der Waals surface area contributed by atoms with E-state index < -0.39 is 5.79 Å². The van der Waals surface area contributed by atoms with Crippen LogP contribution in [0.3, 0.4) is 0 Å². The van der Waals surface area contributed by atoms with Gasteiger partial charge in [-0.25, -0.2) is 9.38 Å². The number of aliphatic imine (C=N–C) groups is 1. The number of nitrogens with zero attached hydrogens (tertiary/aromatic N) is 3. The number of rotatable bonds is 6. The first kappa shape index (κ1) is 21.2. The standard InChI is InChI=1S/C21H26FN5O.H3N/c22-19-6-2-3-7-20(19)27-16-24-21(23,25-27)17-8-10-18(11-9-17)28-15-14-26-12-4-1-5-13-26;/h2-3,6-11,16,25H,1,4-5,12-15,23H2;1H3. The normalized spacial score (nSPS) is 21.8. The Morgan fingerprint density at radius 2 is 1.79 bits per heavy atom. The molecule has 7 nitrogen and oxygen atoms in total. The summed E-state index contributed by atoms with van der Waals surface area (Å²) in [6.07, 6.45) is 5.40. The average Bonchev–Trinajstić information content (AvgIpc) is 3.13. The number of halogens is 1. The number of nitrogens with one attached hydrogen (secondary N) is 1. The van der Waals surface area contributed by atoms with Gasteiger partial charge < -0.3 is 10.9 Å². The molecule has 8 heteroatoms. The maximum atomic E-state index is 14.0. The molecule has 1 unspecified atom stereocenters. The Balaban J connectivity index is 0.00000240. The summed E-state index contributed by atoms with van der Waals surface area (Å²) < 4.78 is 19.9. The van der Waals surface area contributed by atoms with E-state index in [1.807, 2.05) is 24.3 Å². The minimum absolute atomic E-state index is 0.